The van der Waals surface area contributed by atoms with Crippen LogP contribution in [0.3, 0.4) is 0 Å². The van der Waals surface area contributed by atoms with Gasteiger partial charge in [-0.25, -0.2) is 0 Å². The van der Waals surface area contributed by atoms with Crippen molar-refractivity contribution in [1.82, 2.24) is 20.9 Å². The molecular weight excluding hydrogens is 492 g/mol. The van der Waals surface area contributed by atoms with Gasteiger partial charge < -0.3 is 18.9 Å². The number of nitrogens with one attached hydrogen (secondary N) is 2. The monoisotopic (exact) mass is 520 g/mol. The Kier molecular flexibility index (Phi) is 10.0. The van der Waals surface area contributed by atoms with Crippen LogP contribution in [0.4, 0.5) is 0 Å². The van der Waals surface area contributed by atoms with Crippen molar-refractivity contribution in [3.05, 3.63) is 47.5 Å². The Hall–Kier alpha value is -3.64. The number of hydrogen-bond donors (Lipinski definition) is 2. The first-order valence-corrected chi connectivity index (χ1v) is 11.1. The van der Waals surface area contributed by atoms with Gasteiger partial charge in [0.2, 0.25) is 11.8 Å². The normalized spacial score (nSPS) is 10.0. The fraction of sp³-hybridized carbons (Fsp3) is 0.304. The van der Waals surface area contributed by atoms with E-state index in [0.717, 1.165) is 0 Å². The van der Waals surface area contributed by atoms with Crippen molar-refractivity contribution in [2.45, 2.75) is 6.42 Å². The topological polar surface area (TPSA) is 102 Å². The lowest BCUT2D eigenvalue weighted by molar-refractivity contribution is -0.132. The molecule has 0 aliphatic carbocycles. The summed E-state index contributed by atoms with van der Waals surface area (Å²) in [5, 5.41) is 2.66. The van der Waals surface area contributed by atoms with Crippen LogP contribution in [0, 0.1) is 0 Å². The van der Waals surface area contributed by atoms with Crippen molar-refractivity contribution in [3.8, 4) is 23.0 Å². The zero-order valence-electron chi connectivity index (χ0n) is 20.3. The van der Waals surface area contributed by atoms with Gasteiger partial charge in [-0.05, 0) is 24.3 Å². The van der Waals surface area contributed by atoms with Crippen LogP contribution in [-0.2, 0) is 9.59 Å². The van der Waals surface area contributed by atoms with E-state index in [-0.39, 0.29) is 9.98 Å². The lowest BCUT2D eigenvalue weighted by Gasteiger charge is -2.24. The van der Waals surface area contributed by atoms with Crippen LogP contribution in [0.15, 0.2) is 36.4 Å². The van der Waals surface area contributed by atoms with Crippen LogP contribution < -0.4 is 29.8 Å². The molecule has 0 aromatic heterocycles. The number of thiocarbonyl (C=S) groups is 2. The molecule has 10 nitrogen and oxygen atoms in total. The summed E-state index contributed by atoms with van der Waals surface area (Å²) in [5.41, 5.74) is 6.24. The highest BCUT2D eigenvalue weighted by Crippen LogP contribution is 2.32. The molecule has 35 heavy (non-hydrogen) atoms. The van der Waals surface area contributed by atoms with E-state index < -0.39 is 18.2 Å². The van der Waals surface area contributed by atoms with Gasteiger partial charge in [0.05, 0.1) is 39.6 Å². The Morgan fingerprint density at radius 1 is 0.714 bits per heavy atom. The Balaban J connectivity index is 2.00. The SMILES string of the molecule is COc1cccc(C(=S)N(C)NC(=O)CC(=O)NN(C)C(=S)c2cccc(OC)c2OC)c1OC. The highest BCUT2D eigenvalue weighted by molar-refractivity contribution is 7.81. The standard InChI is InChI=1S/C23H28N4O6S2/c1-26(22(34)14-9-7-11-16(30-3)20(14)32-5)24-18(28)13-19(29)25-27(2)23(35)15-10-8-12-17(31-4)21(15)33-6/h7-12H,13H2,1-6H3,(H,24,28)(H,25,29). The van der Waals surface area contributed by atoms with Crippen molar-refractivity contribution >= 4 is 46.2 Å². The lowest BCUT2D eigenvalue weighted by Crippen LogP contribution is -2.47. The van der Waals surface area contributed by atoms with Gasteiger partial charge in [-0.2, -0.15) is 0 Å². The molecule has 0 fully saturated rings. The minimum absolute atomic E-state index is 0.276. The Labute approximate surface area is 215 Å². The third kappa shape index (κ3) is 6.70. The maximum Gasteiger partial charge on any atom is 0.248 e. The molecule has 2 aromatic carbocycles. The predicted molar refractivity (Wildman–Crippen MR) is 139 cm³/mol. The fourth-order valence-corrected chi connectivity index (χ4v) is 3.59. The first kappa shape index (κ1) is 27.6. The van der Waals surface area contributed by atoms with Gasteiger partial charge in [-0.15, -0.1) is 0 Å². The molecule has 0 bridgehead atoms. The van der Waals surface area contributed by atoms with Gasteiger partial charge >= 0.3 is 0 Å². The van der Waals surface area contributed by atoms with Crippen LogP contribution in [0.25, 0.3) is 0 Å². The molecule has 0 aliphatic heterocycles. The largest absolute Gasteiger partial charge is 0.493 e. The van der Waals surface area contributed by atoms with Gasteiger partial charge in [0.15, 0.2) is 23.0 Å². The van der Waals surface area contributed by atoms with Gasteiger partial charge in [-0.3, -0.25) is 30.5 Å². The molecule has 0 radical (unpaired) electrons. The third-order valence-electron chi connectivity index (χ3n) is 4.78. The van der Waals surface area contributed by atoms with E-state index >= 15 is 0 Å². The second-order valence-electron chi connectivity index (χ2n) is 7.06. The maximum absolute atomic E-state index is 12.5. The van der Waals surface area contributed by atoms with Gasteiger partial charge in [-0.1, -0.05) is 36.6 Å². The number of hydrazine groups is 2. The molecule has 0 saturated heterocycles. The number of para-hydroxylation sites is 2. The molecule has 12 heteroatoms. The van der Waals surface area contributed by atoms with E-state index in [1.54, 1.807) is 50.5 Å². The smallest absolute Gasteiger partial charge is 0.248 e. The van der Waals surface area contributed by atoms with E-state index in [1.165, 1.54) is 38.5 Å². The van der Waals surface area contributed by atoms with Crippen molar-refractivity contribution in [3.63, 3.8) is 0 Å². The summed E-state index contributed by atoms with van der Waals surface area (Å²) in [6.45, 7) is 0. The molecule has 0 atom stereocenters. The zero-order chi connectivity index (χ0) is 26.1. The second kappa shape index (κ2) is 12.7. The summed E-state index contributed by atoms with van der Waals surface area (Å²) >= 11 is 10.9. The average molecular weight is 521 g/mol. The summed E-state index contributed by atoms with van der Waals surface area (Å²) in [5.74, 6) is 0.708. The molecule has 2 aromatic rings. The predicted octanol–water partition coefficient (Wildman–Crippen LogP) is 2.09. The number of hydrogen-bond acceptors (Lipinski definition) is 8. The highest BCUT2D eigenvalue weighted by Gasteiger charge is 2.21. The van der Waals surface area contributed by atoms with E-state index in [9.17, 15) is 9.59 Å². The van der Waals surface area contributed by atoms with Crippen LogP contribution in [0.2, 0.25) is 0 Å². The fourth-order valence-electron chi connectivity index (χ4n) is 3.17. The van der Waals surface area contributed by atoms with Crippen LogP contribution in [-0.4, -0.2) is 74.3 Å². The lowest BCUT2D eigenvalue weighted by atomic mass is 10.2. The number of methoxy groups -OCH3 is 4. The van der Waals surface area contributed by atoms with Crippen LogP contribution in [0.5, 0.6) is 23.0 Å². The number of rotatable bonds is 8. The van der Waals surface area contributed by atoms with Crippen molar-refractivity contribution in [2.75, 3.05) is 42.5 Å². The van der Waals surface area contributed by atoms with E-state index in [4.69, 9.17) is 43.4 Å². The second-order valence-corrected chi connectivity index (χ2v) is 7.83. The first-order valence-electron chi connectivity index (χ1n) is 10.2. The molecule has 2 rings (SSSR count). The summed E-state index contributed by atoms with van der Waals surface area (Å²) in [6, 6.07) is 10.4. The number of ether oxygens (including phenoxy) is 4. The number of carbonyl (C=O) groups excluding carboxylic acids is 2. The molecule has 2 amide bonds. The molecule has 0 heterocycles. The first-order chi connectivity index (χ1) is 16.7. The van der Waals surface area contributed by atoms with Gasteiger partial charge in [0.25, 0.3) is 0 Å². The van der Waals surface area contributed by atoms with E-state index in [0.29, 0.717) is 34.1 Å². The Morgan fingerprint density at radius 2 is 1.09 bits per heavy atom. The number of amides is 2. The number of carbonyl (C=O) groups is 2. The van der Waals surface area contributed by atoms with Crippen molar-refractivity contribution in [1.29, 1.82) is 0 Å². The van der Waals surface area contributed by atoms with Gasteiger partial charge in [0.1, 0.15) is 16.4 Å². The number of benzene rings is 2. The van der Waals surface area contributed by atoms with Crippen LogP contribution >= 0.6 is 24.4 Å². The molecular formula is C23H28N4O6S2. The summed E-state index contributed by atoms with van der Waals surface area (Å²) in [4.78, 5) is 25.5. The third-order valence-corrected chi connectivity index (χ3v) is 5.77. The molecule has 2 N–H and O–H groups in total. The molecule has 0 unspecified atom stereocenters. The van der Waals surface area contributed by atoms with Gasteiger partial charge in [0, 0.05) is 14.1 Å². The van der Waals surface area contributed by atoms with E-state index in [1.807, 2.05) is 0 Å². The van der Waals surface area contributed by atoms with Crippen LogP contribution in [0.1, 0.15) is 17.5 Å². The quantitative estimate of drug-likeness (QED) is 0.306. The minimum Gasteiger partial charge on any atom is -0.493 e. The Bertz CT molecular complexity index is 1030. The summed E-state index contributed by atoms with van der Waals surface area (Å²) < 4.78 is 21.3. The molecule has 0 spiro atoms. The molecule has 188 valence electrons. The minimum atomic E-state index is -0.576. The molecule has 0 saturated carbocycles. The van der Waals surface area contributed by atoms with Crippen molar-refractivity contribution < 1.29 is 28.5 Å². The molecule has 0 aliphatic rings. The average Bonchev–Trinajstić information content (AvgIpc) is 2.85. The van der Waals surface area contributed by atoms with E-state index in [2.05, 4.69) is 10.9 Å². The van der Waals surface area contributed by atoms with Crippen molar-refractivity contribution in [2.24, 2.45) is 0 Å². The summed E-state index contributed by atoms with van der Waals surface area (Å²) in [6.07, 6.45) is -0.468. The number of nitrogens with zero attached hydrogens (tertiary/aromatic N) is 2. The highest BCUT2D eigenvalue weighted by atomic mass is 32.1. The maximum atomic E-state index is 12.5. The summed E-state index contributed by atoms with van der Waals surface area (Å²) in [7, 11) is 9.15. The zero-order valence-corrected chi connectivity index (χ0v) is 22.0. The Morgan fingerprint density at radius 3 is 1.40 bits per heavy atom.